The third-order valence-electron chi connectivity index (χ3n) is 9.92. The maximum atomic E-state index is 13.3. The summed E-state index contributed by atoms with van der Waals surface area (Å²) in [5.74, 6) is -5.21. The number of hydrogen-bond donors (Lipinski definition) is 1. The Balaban J connectivity index is 1.94. The lowest BCUT2D eigenvalue weighted by molar-refractivity contribution is -0.433. The molecule has 2 saturated heterocycles. The molecule has 0 radical (unpaired) electrons. The Bertz CT molecular complexity index is 1240. The van der Waals surface area contributed by atoms with Crippen LogP contribution in [0.1, 0.15) is 68.2 Å². The van der Waals surface area contributed by atoms with Gasteiger partial charge in [-0.2, -0.15) is 0 Å². The van der Waals surface area contributed by atoms with Crippen LogP contribution in [0.2, 0.25) is 0 Å². The Morgan fingerprint density at radius 2 is 1.48 bits per heavy atom. The van der Waals surface area contributed by atoms with Gasteiger partial charge in [-0.05, 0) is 25.8 Å². The highest BCUT2D eigenvalue weighted by Crippen LogP contribution is 2.82. The highest BCUT2D eigenvalue weighted by atomic mass is 16.7. The van der Waals surface area contributed by atoms with Crippen molar-refractivity contribution in [2.45, 2.75) is 115 Å². The largest absolute Gasteiger partial charge is 0.462 e. The van der Waals surface area contributed by atoms with Crippen molar-refractivity contribution >= 4 is 29.8 Å². The number of carbonyl (C=O) groups is 5. The average molecular weight is 565 g/mol. The van der Waals surface area contributed by atoms with E-state index < -0.39 is 93.9 Å². The minimum atomic E-state index is -2.04. The van der Waals surface area contributed by atoms with Crippen LogP contribution in [-0.4, -0.2) is 81.8 Å². The lowest BCUT2D eigenvalue weighted by Crippen LogP contribution is -2.96. The van der Waals surface area contributed by atoms with Gasteiger partial charge in [0.1, 0.15) is 12.2 Å². The fraction of sp³-hybridized carbons (Fsp3) is 0.750. The van der Waals surface area contributed by atoms with Crippen LogP contribution in [0.25, 0.3) is 0 Å². The van der Waals surface area contributed by atoms with Gasteiger partial charge in [-0.15, -0.1) is 0 Å². The zero-order valence-corrected chi connectivity index (χ0v) is 23.9. The zero-order valence-electron chi connectivity index (χ0n) is 23.9. The SMILES string of the molecule is CC(=O)O[C@H]1C[C@H](O)[C@H](C)[C@H]2[C@@]1(C)[C@]1(OC(C)=O)[C@@H](OC(C)=O)C/C(C)=C\[C@@H]3OC(=O)[C@@]4(C)O[C@]34[C@]21OC(C)=O. The molecule has 5 aliphatic rings. The lowest BCUT2D eigenvalue weighted by Gasteiger charge is -2.78. The van der Waals surface area contributed by atoms with Crippen LogP contribution in [0, 0.1) is 17.3 Å². The topological polar surface area (TPSA) is 164 Å². The highest BCUT2D eigenvalue weighted by molar-refractivity contribution is 5.90. The summed E-state index contributed by atoms with van der Waals surface area (Å²) in [6.07, 6.45) is -2.81. The number of ether oxygens (including phenoxy) is 6. The molecule has 220 valence electrons. The van der Waals surface area contributed by atoms with Crippen molar-refractivity contribution in [3.05, 3.63) is 11.6 Å². The van der Waals surface area contributed by atoms with Crippen LogP contribution in [-0.2, 0) is 52.4 Å². The minimum Gasteiger partial charge on any atom is -0.462 e. The van der Waals surface area contributed by atoms with E-state index in [1.54, 1.807) is 26.8 Å². The quantitative estimate of drug-likeness (QED) is 0.226. The molecule has 12 heteroatoms. The van der Waals surface area contributed by atoms with E-state index in [0.29, 0.717) is 5.57 Å². The number of aliphatic hydroxyl groups excluding tert-OH is 1. The molecule has 0 bridgehead atoms. The van der Waals surface area contributed by atoms with Gasteiger partial charge < -0.3 is 33.5 Å². The maximum absolute atomic E-state index is 13.3. The van der Waals surface area contributed by atoms with Crippen molar-refractivity contribution in [2.75, 3.05) is 0 Å². The van der Waals surface area contributed by atoms with Crippen molar-refractivity contribution in [3.63, 3.8) is 0 Å². The van der Waals surface area contributed by atoms with Gasteiger partial charge in [-0.25, -0.2) is 4.79 Å². The van der Waals surface area contributed by atoms with Crippen LogP contribution in [0.5, 0.6) is 0 Å². The molecule has 0 unspecified atom stereocenters. The van der Waals surface area contributed by atoms with Crippen molar-refractivity contribution in [1.29, 1.82) is 0 Å². The van der Waals surface area contributed by atoms with Crippen molar-refractivity contribution in [3.8, 4) is 0 Å². The van der Waals surface area contributed by atoms with E-state index in [0.717, 1.165) is 6.92 Å². The van der Waals surface area contributed by atoms with Crippen LogP contribution < -0.4 is 0 Å². The number of hydrogen-bond acceptors (Lipinski definition) is 12. The normalized spacial score (nSPS) is 49.4. The van der Waals surface area contributed by atoms with Gasteiger partial charge in [0.05, 0.1) is 11.5 Å². The van der Waals surface area contributed by atoms with Gasteiger partial charge in [0, 0.05) is 46.5 Å². The molecular formula is C28H36O12. The second-order valence-electron chi connectivity index (χ2n) is 12.2. The second-order valence-corrected chi connectivity index (χ2v) is 12.2. The molecule has 40 heavy (non-hydrogen) atoms. The molecule has 0 aromatic heterocycles. The molecule has 2 aliphatic heterocycles. The Morgan fingerprint density at radius 3 is 2.00 bits per heavy atom. The molecule has 5 rings (SSSR count). The van der Waals surface area contributed by atoms with Gasteiger partial charge in [-0.3, -0.25) is 19.2 Å². The third-order valence-corrected chi connectivity index (χ3v) is 9.92. The first kappa shape index (κ1) is 28.5. The monoisotopic (exact) mass is 564 g/mol. The Labute approximate surface area is 231 Å². The summed E-state index contributed by atoms with van der Waals surface area (Å²) in [5.41, 5.74) is -8.18. The zero-order chi connectivity index (χ0) is 29.8. The van der Waals surface area contributed by atoms with Crippen molar-refractivity contribution < 1.29 is 57.5 Å². The fourth-order valence-corrected chi connectivity index (χ4v) is 8.86. The van der Waals surface area contributed by atoms with E-state index in [1.165, 1.54) is 27.7 Å². The first-order valence-electron chi connectivity index (χ1n) is 13.5. The Morgan fingerprint density at radius 1 is 0.925 bits per heavy atom. The van der Waals surface area contributed by atoms with Gasteiger partial charge >= 0.3 is 29.8 Å². The predicted molar refractivity (Wildman–Crippen MR) is 132 cm³/mol. The summed E-state index contributed by atoms with van der Waals surface area (Å²) >= 11 is 0. The molecule has 3 aliphatic carbocycles. The minimum absolute atomic E-state index is 0.00273. The number of epoxide rings is 1. The summed E-state index contributed by atoms with van der Waals surface area (Å²) in [5, 5.41) is 11.3. The van der Waals surface area contributed by atoms with Crippen molar-refractivity contribution in [2.24, 2.45) is 17.3 Å². The van der Waals surface area contributed by atoms with E-state index in [-0.39, 0.29) is 12.8 Å². The van der Waals surface area contributed by atoms with Gasteiger partial charge in [0.2, 0.25) is 11.2 Å². The molecule has 2 heterocycles. The highest BCUT2D eigenvalue weighted by Gasteiger charge is 3.04. The van der Waals surface area contributed by atoms with E-state index in [9.17, 15) is 29.1 Å². The molecule has 0 aromatic rings. The van der Waals surface area contributed by atoms with Crippen LogP contribution in [0.4, 0.5) is 0 Å². The van der Waals surface area contributed by atoms with E-state index in [2.05, 4.69) is 0 Å². The fourth-order valence-electron chi connectivity index (χ4n) is 8.86. The number of aliphatic hydroxyl groups is 1. The standard InChI is InChI=1S/C28H36O12/c1-12-9-20(36-15(4)30)26(38-16(5)31)24(7)19(35-14(3)29)11-18(33)13(2)22(24)28(26,39-17(6)32)27-21(10-12)37-23(34)25(27,8)40-27/h10,13,18-22,33H,9,11H2,1-8H3/b12-10-/t13-,18-,19-,20-,21-,22-,24-,25+,26+,27+,28-/m0/s1. The van der Waals surface area contributed by atoms with E-state index in [1.807, 2.05) is 0 Å². The summed E-state index contributed by atoms with van der Waals surface area (Å²) in [7, 11) is 0. The molecule has 4 fully saturated rings. The molecule has 2 saturated carbocycles. The predicted octanol–water partition coefficient (Wildman–Crippen LogP) is 1.29. The lowest BCUT2D eigenvalue weighted by atomic mass is 9.30. The number of carbonyl (C=O) groups excluding carboxylic acids is 5. The van der Waals surface area contributed by atoms with Crippen LogP contribution >= 0.6 is 0 Å². The van der Waals surface area contributed by atoms with Crippen molar-refractivity contribution in [1.82, 2.24) is 0 Å². The van der Waals surface area contributed by atoms with Crippen LogP contribution in [0.15, 0.2) is 11.6 Å². The number of rotatable bonds is 4. The van der Waals surface area contributed by atoms with Gasteiger partial charge in [0.15, 0.2) is 17.3 Å². The van der Waals surface area contributed by atoms with Gasteiger partial charge in [-0.1, -0.05) is 19.4 Å². The average Bonchev–Trinajstić information content (AvgIpc) is 3.40. The summed E-state index contributed by atoms with van der Waals surface area (Å²) < 4.78 is 36.4. The Kier molecular flexibility index (Phi) is 6.07. The molecule has 12 nitrogen and oxygen atoms in total. The smallest absolute Gasteiger partial charge is 0.342 e. The second kappa shape index (κ2) is 8.51. The molecule has 1 spiro atoms. The molecule has 0 amide bonds. The first-order valence-corrected chi connectivity index (χ1v) is 13.5. The summed E-state index contributed by atoms with van der Waals surface area (Å²) in [6, 6.07) is 0. The van der Waals surface area contributed by atoms with E-state index >= 15 is 0 Å². The summed E-state index contributed by atoms with van der Waals surface area (Å²) in [4.78, 5) is 64.4. The summed E-state index contributed by atoms with van der Waals surface area (Å²) in [6.45, 7) is 11.4. The molecule has 11 atom stereocenters. The maximum Gasteiger partial charge on any atom is 0.342 e. The third kappa shape index (κ3) is 3.06. The number of fused-ring (bicyclic) bond motifs is 4. The first-order chi connectivity index (χ1) is 18.5. The molecular weight excluding hydrogens is 528 g/mol. The van der Waals surface area contributed by atoms with Gasteiger partial charge in [0.25, 0.3) is 0 Å². The molecule has 0 aromatic carbocycles. The Hall–Kier alpha value is -2.99. The van der Waals surface area contributed by atoms with E-state index in [4.69, 9.17) is 28.4 Å². The molecule has 1 N–H and O–H groups in total. The number of esters is 5. The van der Waals surface area contributed by atoms with Crippen LogP contribution in [0.3, 0.4) is 0 Å².